The molecule has 1 aromatic rings. The lowest BCUT2D eigenvalue weighted by molar-refractivity contribution is -0.676. The summed E-state index contributed by atoms with van der Waals surface area (Å²) >= 11 is 0. The molecule has 0 unspecified atom stereocenters. The number of hydrogen-bond acceptors (Lipinski definition) is 2. The van der Waals surface area contributed by atoms with E-state index in [2.05, 4.69) is 20.8 Å². The number of rotatable bonds is 2. The zero-order chi connectivity index (χ0) is 14.9. The molecule has 0 bridgehead atoms. The second-order valence-corrected chi connectivity index (χ2v) is 6.57. The second-order valence-electron chi connectivity index (χ2n) is 6.57. The van der Waals surface area contributed by atoms with Gasteiger partial charge in [-0.1, -0.05) is 27.2 Å². The quantitative estimate of drug-likeness (QED) is 0.724. The Bertz CT molecular complexity index is 485. The topological polar surface area (TPSA) is 35.1 Å². The first-order valence-corrected chi connectivity index (χ1v) is 7.64. The van der Waals surface area contributed by atoms with Crippen molar-refractivity contribution in [1.82, 2.24) is 4.57 Å². The smallest absolute Gasteiger partial charge is 0.512 e. The van der Waals surface area contributed by atoms with Crippen molar-refractivity contribution in [2.24, 2.45) is 24.8 Å². The summed E-state index contributed by atoms with van der Waals surface area (Å²) in [6.45, 7) is 8.62. The van der Waals surface area contributed by atoms with Crippen molar-refractivity contribution < 1.29 is 26.5 Å². The van der Waals surface area contributed by atoms with Crippen LogP contribution in [0.3, 0.4) is 0 Å². The van der Waals surface area contributed by atoms with Gasteiger partial charge in [-0.25, -0.2) is 4.57 Å². The normalized spacial score (nSPS) is 25.5. The van der Waals surface area contributed by atoms with Crippen molar-refractivity contribution in [2.45, 2.75) is 53.1 Å². The molecule has 0 N–H and O–H groups in total. The van der Waals surface area contributed by atoms with Gasteiger partial charge in [-0.05, 0) is 30.6 Å². The standard InChI is InChI=1S/C16H27N2O2.ClH/c1-11(2)14-7-6-12(3)10-15(14)20-16(19)18-9-8-17(5)13(18)4;/h8-9,11-12,14-15H,6-7,10H2,1-5H3;1H/q+1;/p-1/t12-,14+,15-;/m1./s1. The number of halogens is 1. The maximum Gasteiger partial charge on any atom is 0.512 e. The highest BCUT2D eigenvalue weighted by molar-refractivity contribution is 5.70. The summed E-state index contributed by atoms with van der Waals surface area (Å²) in [5.74, 6) is 2.58. The molecule has 21 heavy (non-hydrogen) atoms. The first-order chi connectivity index (χ1) is 9.40. The van der Waals surface area contributed by atoms with Crippen LogP contribution in [0.1, 0.15) is 45.9 Å². The molecule has 0 aromatic carbocycles. The van der Waals surface area contributed by atoms with Crippen molar-refractivity contribution in [3.63, 3.8) is 0 Å². The molecule has 0 saturated heterocycles. The Morgan fingerprint density at radius 2 is 2.10 bits per heavy atom. The lowest BCUT2D eigenvalue weighted by Crippen LogP contribution is -3.00. The molecule has 4 nitrogen and oxygen atoms in total. The number of ether oxygens (including phenoxy) is 1. The van der Waals surface area contributed by atoms with E-state index in [1.807, 2.05) is 24.7 Å². The summed E-state index contributed by atoms with van der Waals surface area (Å²) in [6, 6.07) is 0. The fraction of sp³-hybridized carbons (Fsp3) is 0.750. The van der Waals surface area contributed by atoms with Gasteiger partial charge in [0, 0.05) is 6.92 Å². The van der Waals surface area contributed by atoms with E-state index in [1.54, 1.807) is 10.8 Å². The molecule has 0 aliphatic heterocycles. The molecule has 3 atom stereocenters. The molecular weight excluding hydrogens is 288 g/mol. The summed E-state index contributed by atoms with van der Waals surface area (Å²) in [7, 11) is 1.93. The van der Waals surface area contributed by atoms with E-state index in [1.165, 1.54) is 6.42 Å². The third kappa shape index (κ3) is 4.00. The Hall–Kier alpha value is -1.03. The van der Waals surface area contributed by atoms with Crippen LogP contribution < -0.4 is 17.0 Å². The summed E-state index contributed by atoms with van der Waals surface area (Å²) < 4.78 is 9.34. The molecule has 1 aliphatic rings. The van der Waals surface area contributed by atoms with Crippen molar-refractivity contribution in [3.05, 3.63) is 18.2 Å². The second kappa shape index (κ2) is 7.30. The molecule has 0 amide bonds. The highest BCUT2D eigenvalue weighted by Gasteiger charge is 2.35. The maximum atomic E-state index is 12.3. The van der Waals surface area contributed by atoms with Gasteiger partial charge in [0.15, 0.2) is 0 Å². The van der Waals surface area contributed by atoms with Crippen LogP contribution in [0, 0.1) is 24.7 Å². The minimum absolute atomic E-state index is 0. The lowest BCUT2D eigenvalue weighted by Gasteiger charge is -2.36. The molecule has 2 rings (SSSR count). The van der Waals surface area contributed by atoms with E-state index < -0.39 is 0 Å². The Morgan fingerprint density at radius 1 is 1.43 bits per heavy atom. The highest BCUT2D eigenvalue weighted by atomic mass is 35.5. The average molecular weight is 315 g/mol. The molecule has 1 aromatic heterocycles. The Labute approximate surface area is 133 Å². The predicted octanol–water partition coefficient (Wildman–Crippen LogP) is 0.0705. The summed E-state index contributed by atoms with van der Waals surface area (Å²) in [5, 5.41) is 0. The van der Waals surface area contributed by atoms with Crippen LogP contribution >= 0.6 is 0 Å². The summed E-state index contributed by atoms with van der Waals surface area (Å²) in [5.41, 5.74) is 0. The summed E-state index contributed by atoms with van der Waals surface area (Å²) in [4.78, 5) is 12.3. The van der Waals surface area contributed by atoms with E-state index in [-0.39, 0.29) is 24.6 Å². The van der Waals surface area contributed by atoms with Crippen LogP contribution in [0.25, 0.3) is 0 Å². The largest absolute Gasteiger partial charge is 1.00 e. The van der Waals surface area contributed by atoms with E-state index in [4.69, 9.17) is 4.74 Å². The SMILES string of the molecule is Cc1n(C(=O)O[C@@H]2C[C@H](C)CC[C@H]2C(C)C)cc[n+]1C.[Cl-]. The molecular formula is C16H27ClN2O2. The minimum Gasteiger partial charge on any atom is -1.00 e. The van der Waals surface area contributed by atoms with Crippen molar-refractivity contribution in [1.29, 1.82) is 0 Å². The van der Waals surface area contributed by atoms with Crippen LogP contribution in [0.2, 0.25) is 0 Å². The fourth-order valence-electron chi connectivity index (χ4n) is 3.18. The molecule has 1 heterocycles. The van der Waals surface area contributed by atoms with Gasteiger partial charge in [0.05, 0.1) is 7.05 Å². The van der Waals surface area contributed by atoms with Crippen LogP contribution in [-0.2, 0) is 11.8 Å². The van der Waals surface area contributed by atoms with Gasteiger partial charge < -0.3 is 17.1 Å². The van der Waals surface area contributed by atoms with Gasteiger partial charge in [0.1, 0.15) is 18.5 Å². The Kier molecular flexibility index (Phi) is 6.26. The number of hydrogen-bond donors (Lipinski definition) is 0. The van der Waals surface area contributed by atoms with E-state index in [9.17, 15) is 4.79 Å². The number of carbonyl (C=O) groups excluding carboxylic acids is 1. The highest BCUT2D eigenvalue weighted by Crippen LogP contribution is 2.35. The predicted molar refractivity (Wildman–Crippen MR) is 77.4 cm³/mol. The maximum absolute atomic E-state index is 12.3. The van der Waals surface area contributed by atoms with E-state index in [0.29, 0.717) is 17.8 Å². The number of aryl methyl sites for hydroxylation is 1. The zero-order valence-corrected chi connectivity index (χ0v) is 14.4. The number of imidazole rings is 1. The lowest BCUT2D eigenvalue weighted by atomic mass is 9.75. The van der Waals surface area contributed by atoms with Gasteiger partial charge in [-0.2, -0.15) is 4.79 Å². The van der Waals surface area contributed by atoms with Gasteiger partial charge in [0.2, 0.25) is 0 Å². The first kappa shape index (κ1) is 18.0. The summed E-state index contributed by atoms with van der Waals surface area (Å²) in [6.07, 6.45) is 6.85. The van der Waals surface area contributed by atoms with Crippen molar-refractivity contribution >= 4 is 6.09 Å². The molecule has 120 valence electrons. The third-order valence-corrected chi connectivity index (χ3v) is 4.71. The van der Waals surface area contributed by atoms with Crippen LogP contribution in [0.15, 0.2) is 12.4 Å². The van der Waals surface area contributed by atoms with Crippen LogP contribution in [0.4, 0.5) is 4.79 Å². The minimum atomic E-state index is -0.243. The number of aromatic nitrogens is 2. The molecule has 5 heteroatoms. The zero-order valence-electron chi connectivity index (χ0n) is 13.7. The van der Waals surface area contributed by atoms with Gasteiger partial charge in [0.25, 0.3) is 5.82 Å². The van der Waals surface area contributed by atoms with Crippen LogP contribution in [-0.4, -0.2) is 16.8 Å². The number of carbonyl (C=O) groups is 1. The van der Waals surface area contributed by atoms with Crippen molar-refractivity contribution in [3.8, 4) is 0 Å². The molecule has 0 spiro atoms. The van der Waals surface area contributed by atoms with Crippen LogP contribution in [0.5, 0.6) is 0 Å². The first-order valence-electron chi connectivity index (χ1n) is 7.64. The average Bonchev–Trinajstić information content (AvgIpc) is 2.69. The Morgan fingerprint density at radius 3 is 2.62 bits per heavy atom. The van der Waals surface area contributed by atoms with Gasteiger partial charge in [-0.15, -0.1) is 4.57 Å². The van der Waals surface area contributed by atoms with E-state index in [0.717, 1.165) is 18.7 Å². The molecule has 1 fully saturated rings. The molecule has 1 aliphatic carbocycles. The Balaban J connectivity index is 0.00000220. The molecule has 0 radical (unpaired) electrons. The van der Waals surface area contributed by atoms with E-state index >= 15 is 0 Å². The third-order valence-electron chi connectivity index (χ3n) is 4.71. The molecule has 1 saturated carbocycles. The van der Waals surface area contributed by atoms with Gasteiger partial charge >= 0.3 is 6.09 Å². The monoisotopic (exact) mass is 314 g/mol. The van der Waals surface area contributed by atoms with Crippen molar-refractivity contribution in [2.75, 3.05) is 0 Å². The number of nitrogens with zero attached hydrogens (tertiary/aromatic N) is 2. The fourth-order valence-corrected chi connectivity index (χ4v) is 3.18. The van der Waals surface area contributed by atoms with Gasteiger partial charge in [-0.3, -0.25) is 0 Å².